The van der Waals surface area contributed by atoms with Crippen molar-refractivity contribution in [2.45, 2.75) is 59.5 Å². The van der Waals surface area contributed by atoms with Crippen LogP contribution >= 0.6 is 15.8 Å². The molecule has 0 aliphatic carbocycles. The monoisotopic (exact) mass is 682 g/mol. The van der Waals surface area contributed by atoms with Crippen molar-refractivity contribution < 1.29 is 6.51 Å². The van der Waals surface area contributed by atoms with E-state index >= 15 is 0 Å². The van der Waals surface area contributed by atoms with Gasteiger partial charge < -0.3 is 0 Å². The van der Waals surface area contributed by atoms with Crippen molar-refractivity contribution in [3.8, 4) is 0 Å². The van der Waals surface area contributed by atoms with Gasteiger partial charge >= 0.3 is 270 Å². The predicted octanol–water partition coefficient (Wildman–Crippen LogP) is 10.6. The standard InChI is InChI=1S/C39H31P2.C5H5.Fe/c1-29(40(34-17-4-2-5-18-34)35-19-6-3-7-20-35)38-21-12-22-39(38)41(36-25-23-30-13-8-10-15-32(30)27-36)37-26-24-31-14-9-11-16-33(31)28-37;1-2-4-5-3-1;/h2-29H,1H3;1-5H;. The topological polar surface area (TPSA) is 0 Å². The molecule has 230 valence electrons. The van der Waals surface area contributed by atoms with Crippen LogP contribution in [0.2, 0.25) is 42.8 Å². The van der Waals surface area contributed by atoms with E-state index in [1.165, 1.54) is 60.1 Å². The Morgan fingerprint density at radius 1 is 0.468 bits per heavy atom. The summed E-state index contributed by atoms with van der Waals surface area (Å²) in [4.78, 5) is 9.98. The summed E-state index contributed by atoms with van der Waals surface area (Å²) in [6.45, 7) is -1.12. The Bertz CT molecular complexity index is 2760. The number of hydrogen-bond donors (Lipinski definition) is 0. The minimum atomic E-state index is -3.97. The second-order valence-corrected chi connectivity index (χ2v) is 47.5. The van der Waals surface area contributed by atoms with Crippen molar-refractivity contribution in [1.29, 1.82) is 0 Å². The van der Waals surface area contributed by atoms with Crippen LogP contribution in [0.4, 0.5) is 0 Å². The third-order valence-corrected chi connectivity index (χ3v) is 75.5. The molecular weight excluding hydrogens is 646 g/mol. The Hall–Kier alpha value is -2.78. The fourth-order valence-electron chi connectivity index (χ4n) is 23.6. The number of rotatable bonds is 7. The quantitative estimate of drug-likeness (QED) is 0.116. The molecule has 3 heteroatoms. The van der Waals surface area contributed by atoms with Crippen LogP contribution in [-0.4, -0.2) is 9.71 Å². The van der Waals surface area contributed by atoms with Crippen molar-refractivity contribution in [3.63, 3.8) is 0 Å². The Morgan fingerprint density at radius 3 is 1.36 bits per heavy atom. The van der Waals surface area contributed by atoms with Gasteiger partial charge in [0.1, 0.15) is 0 Å². The van der Waals surface area contributed by atoms with Gasteiger partial charge in [-0.05, 0) is 0 Å². The van der Waals surface area contributed by atoms with E-state index in [1.807, 2.05) is 0 Å². The van der Waals surface area contributed by atoms with Crippen molar-refractivity contribution in [1.82, 2.24) is 0 Å². The van der Waals surface area contributed by atoms with Gasteiger partial charge in [-0.25, -0.2) is 0 Å². The fraction of sp³-hybridized carbons (Fsp3) is 0.273. The molecule has 0 nitrogen and oxygen atoms in total. The zero-order valence-corrected chi connectivity index (χ0v) is 29.2. The van der Waals surface area contributed by atoms with Gasteiger partial charge in [0.15, 0.2) is 0 Å². The Kier molecular flexibility index (Phi) is 2.11. The van der Waals surface area contributed by atoms with Gasteiger partial charge in [0, 0.05) is 0 Å². The van der Waals surface area contributed by atoms with Crippen LogP contribution in [0.1, 0.15) is 6.92 Å². The molecule has 10 aliphatic rings. The number of fused-ring (bicyclic) bond motifs is 12. The molecule has 10 heterocycles. The van der Waals surface area contributed by atoms with E-state index in [2.05, 4.69) is 153 Å². The molecule has 0 bridgehead atoms. The summed E-state index contributed by atoms with van der Waals surface area (Å²) in [5.74, 6) is 0. The van der Waals surface area contributed by atoms with E-state index in [0.717, 1.165) is 5.66 Å². The average Bonchev–Trinajstić information content (AvgIpc) is 4.08. The zero-order chi connectivity index (χ0) is 30.3. The maximum absolute atomic E-state index is 3.97. The Balaban J connectivity index is 1.02. The molecule has 0 aromatic heterocycles. The van der Waals surface area contributed by atoms with Crippen molar-refractivity contribution in [3.05, 3.63) is 146 Å². The van der Waals surface area contributed by atoms with Crippen LogP contribution in [0.15, 0.2) is 146 Å². The number of hydrogen-bond acceptors (Lipinski definition) is 0. The van der Waals surface area contributed by atoms with Crippen LogP contribution in [0.25, 0.3) is 21.5 Å². The van der Waals surface area contributed by atoms with Crippen molar-refractivity contribution >= 4 is 58.6 Å². The van der Waals surface area contributed by atoms with Crippen LogP contribution in [0.5, 0.6) is 0 Å². The Morgan fingerprint density at radius 2 is 0.915 bits per heavy atom. The molecule has 10 saturated heterocycles. The third kappa shape index (κ3) is 0.753. The van der Waals surface area contributed by atoms with Crippen LogP contribution < -0.4 is 21.2 Å². The van der Waals surface area contributed by atoms with E-state index in [-0.39, 0.29) is 0 Å². The van der Waals surface area contributed by atoms with Crippen molar-refractivity contribution in [2.75, 3.05) is 0 Å². The van der Waals surface area contributed by atoms with E-state index in [1.54, 1.807) is 21.2 Å². The van der Waals surface area contributed by atoms with E-state index < -0.39 is 22.4 Å². The van der Waals surface area contributed by atoms with E-state index in [4.69, 9.17) is 0 Å². The molecule has 5 unspecified atom stereocenters. The molecule has 0 radical (unpaired) electrons. The summed E-state index contributed by atoms with van der Waals surface area (Å²) >= 11 is 0. The second kappa shape index (κ2) is 4.21. The third-order valence-electron chi connectivity index (χ3n) is 22.3. The molecule has 6 atom stereocenters. The molecule has 6 aromatic carbocycles. The van der Waals surface area contributed by atoms with Crippen LogP contribution in [-0.2, 0) is 6.51 Å². The zero-order valence-electron chi connectivity index (χ0n) is 26.3. The fourth-order valence-corrected chi connectivity index (χ4v) is 121. The molecule has 0 saturated carbocycles. The minimum absolute atomic E-state index is 0.424. The molecule has 10 aliphatic heterocycles. The summed E-state index contributed by atoms with van der Waals surface area (Å²) < 4.78 is 1.38. The molecular formula is C44H36FeP2. The van der Waals surface area contributed by atoms with Crippen LogP contribution in [0.3, 0.4) is 0 Å². The first-order valence-corrected chi connectivity index (χ1v) is 26.8. The van der Waals surface area contributed by atoms with Gasteiger partial charge in [0.25, 0.3) is 0 Å². The van der Waals surface area contributed by atoms with Gasteiger partial charge in [-0.3, -0.25) is 0 Å². The van der Waals surface area contributed by atoms with E-state index in [0.29, 0.717) is 8.37 Å². The molecule has 1 spiro atoms. The number of benzene rings is 6. The van der Waals surface area contributed by atoms with E-state index in [9.17, 15) is 0 Å². The van der Waals surface area contributed by atoms with Gasteiger partial charge in [-0.1, -0.05) is 0 Å². The first-order valence-electron chi connectivity index (χ1n) is 17.8. The summed E-state index contributed by atoms with van der Waals surface area (Å²) in [6, 6.07) is 57.7. The molecule has 0 amide bonds. The van der Waals surface area contributed by atoms with Gasteiger partial charge in [-0.15, -0.1) is 0 Å². The molecule has 10 fully saturated rings. The van der Waals surface area contributed by atoms with Crippen molar-refractivity contribution in [2.24, 2.45) is 0 Å². The molecule has 0 N–H and O–H groups in total. The van der Waals surface area contributed by atoms with Gasteiger partial charge in [0.2, 0.25) is 0 Å². The van der Waals surface area contributed by atoms with Gasteiger partial charge in [-0.2, -0.15) is 0 Å². The summed E-state index contributed by atoms with van der Waals surface area (Å²) in [6.07, 6.45) is 0. The van der Waals surface area contributed by atoms with Crippen LogP contribution in [0, 0.1) is 0 Å². The maximum atomic E-state index is 2.85. The first-order chi connectivity index (χ1) is 23.0. The SMILES string of the molecule is CC(P(c1ccccc1)c1ccccc1)[C@]12[CH]3[CH]4[CH]5[C]1(P(c1ccc6ccccc6c1)c1ccc6ccccc6c1)[Fe]45321678[CH]2[CH]1[CH]6[CH]7[CH]28. The normalized spacial score (nSPS) is 53.1. The second-order valence-electron chi connectivity index (χ2n) is 18.9. The Labute approximate surface area is 268 Å². The van der Waals surface area contributed by atoms with Gasteiger partial charge in [0.05, 0.1) is 0 Å². The predicted molar refractivity (Wildman–Crippen MR) is 198 cm³/mol. The summed E-state index contributed by atoms with van der Waals surface area (Å²) in [5.41, 5.74) is 0.789. The summed E-state index contributed by atoms with van der Waals surface area (Å²) in [7, 11) is -0.872. The molecule has 6 aromatic rings. The average molecular weight is 683 g/mol. The summed E-state index contributed by atoms with van der Waals surface area (Å²) in [5, 5.41) is 12.4. The molecule has 16 rings (SSSR count). The first kappa shape index (κ1) is 23.6. The molecule has 47 heavy (non-hydrogen) atoms.